The summed E-state index contributed by atoms with van der Waals surface area (Å²) in [5.74, 6) is 0.683. The van der Waals surface area contributed by atoms with Crippen LogP contribution in [0.15, 0.2) is 178 Å². The van der Waals surface area contributed by atoms with Crippen LogP contribution in [0.4, 0.5) is 0 Å². The topological polar surface area (TPSA) is 667 Å². The first-order chi connectivity index (χ1) is 68.5. The number of aliphatic hydroxyl groups excluding tert-OH is 10. The van der Waals surface area contributed by atoms with Crippen molar-refractivity contribution >= 4 is 180 Å². The number of hydrogen-bond donors (Lipinski definition) is 17. The number of hydrogen-bond acceptors (Lipinski definition) is 38. The molecular weight excluding hydrogens is 2280 g/mol. The maximum atomic E-state index is 13.7. The lowest BCUT2D eigenvalue weighted by Crippen LogP contribution is -2.44. The molecule has 24 atom stereocenters. The number of benzene rings is 3. The van der Waals surface area contributed by atoms with Gasteiger partial charge in [0.2, 0.25) is 0 Å². The molecule has 0 bridgehead atoms. The zero-order chi connectivity index (χ0) is 111. The number of nitrogens with zero attached hydrogens (tertiary/aromatic N) is 4. The Morgan fingerprint density at radius 1 is 0.466 bits per heavy atom. The molecule has 62 heteroatoms. The third kappa shape index (κ3) is 45.0. The molecule has 4 aromatic heterocycles. The fourth-order valence-corrected chi connectivity index (χ4v) is 18.9. The van der Waals surface area contributed by atoms with Gasteiger partial charge in [0.15, 0.2) is 40.3 Å². The van der Waals surface area contributed by atoms with Gasteiger partial charge in [-0.1, -0.05) is 230 Å². The van der Waals surface area contributed by atoms with Crippen molar-refractivity contribution in [2.24, 2.45) is 22.0 Å². The predicted octanol–water partition coefficient (Wildman–Crippen LogP) is 8.82. The maximum absolute atomic E-state index is 13.7. The second kappa shape index (κ2) is 65.0. The van der Waals surface area contributed by atoms with E-state index in [-0.39, 0.29) is 80.8 Å². The Morgan fingerprint density at radius 2 is 0.723 bits per heavy atom. The van der Waals surface area contributed by atoms with Crippen LogP contribution in [0.2, 0.25) is 0 Å². The normalized spacial score (nSPS) is 24.4. The summed E-state index contributed by atoms with van der Waals surface area (Å²) in [5.41, 5.74) is -5.54. The van der Waals surface area contributed by atoms with E-state index in [1.165, 1.54) is 33.3 Å². The maximum Gasteiger partial charge on any atom is 0.697 e. The number of carbonyl (C=O) groups is 3. The van der Waals surface area contributed by atoms with Gasteiger partial charge in [-0.2, -0.15) is 0 Å². The van der Waals surface area contributed by atoms with Crippen molar-refractivity contribution < 1.29 is 125 Å². The van der Waals surface area contributed by atoms with Crippen molar-refractivity contribution in [2.45, 2.75) is 222 Å². The van der Waals surface area contributed by atoms with Crippen LogP contribution in [-0.2, 0) is 93.8 Å². The second-order valence-corrected chi connectivity index (χ2v) is 62.3. The van der Waals surface area contributed by atoms with E-state index < -0.39 is 211 Å². The summed E-state index contributed by atoms with van der Waals surface area (Å²) in [7, 11) is 3.37. The van der Waals surface area contributed by atoms with E-state index in [4.69, 9.17) is 103 Å². The number of aromatic amines is 4. The predicted molar refractivity (Wildman–Crippen MR) is 592 cm³/mol. The molecule has 4 fully saturated rings. The lowest BCUT2D eigenvalue weighted by atomic mass is 9.92. The van der Waals surface area contributed by atoms with Crippen molar-refractivity contribution in [3.63, 3.8) is 0 Å². The Bertz CT molecular complexity index is 5700. The Labute approximate surface area is 902 Å². The summed E-state index contributed by atoms with van der Waals surface area (Å²) in [5, 5.41) is 107. The van der Waals surface area contributed by atoms with Crippen LogP contribution < -0.4 is 60.9 Å². The number of nitrogens with two attached hydrogens (primary N) is 1. The summed E-state index contributed by atoms with van der Waals surface area (Å²) in [6.45, 7) is 18.8. The number of aliphatic hydroxyl groups is 10. The first-order valence-electron chi connectivity index (χ1n) is 44.4. The van der Waals surface area contributed by atoms with Crippen molar-refractivity contribution in [3.05, 3.63) is 240 Å². The van der Waals surface area contributed by atoms with Crippen LogP contribution in [0.3, 0.4) is 0 Å². The van der Waals surface area contributed by atoms with Crippen LogP contribution >= 0.6 is 165 Å². The van der Waals surface area contributed by atoms with E-state index in [1.54, 1.807) is 38.1 Å². The van der Waals surface area contributed by atoms with Crippen LogP contribution in [0, 0.1) is 16.2 Å². The second-order valence-electron chi connectivity index (χ2n) is 35.1. The van der Waals surface area contributed by atoms with E-state index in [2.05, 4.69) is 59.8 Å². The number of carbonyl (C=O) groups excluding carboxylic acids is 3. The minimum atomic E-state index is -4.05. The monoisotopic (exact) mass is 2410 g/mol. The highest BCUT2D eigenvalue weighted by Crippen LogP contribution is 2.60. The Morgan fingerprint density at radius 3 is 0.973 bits per heavy atom. The van der Waals surface area contributed by atoms with Gasteiger partial charge in [-0.05, 0) is 78.1 Å². The number of ether oxygens (including phenoxy) is 4. The molecule has 7 aromatic rings. The van der Waals surface area contributed by atoms with E-state index in [9.17, 15) is 112 Å². The standard InChI is InChI=1S/C25H36N3O9PS.C24H34N3O10PS.C18H27N2O9PS.C10H14N2O6.C7H9N.CCl4.CH4.H6P4.H5P3/c1-5-24(2,3)22(32)39-14-13-35-38(34,26-15-17-9-7-6-8-10-17)36-16-25(4)20(31)19(30)21(37-25)28-12-11-18(29)27-23(28)33;1-23(2,14-28)21(32)39-12-11-35-38(34,25-13-16-7-5-4-6-8-16)36-15-24(3)19(31)18(30)20(37-24)27-10-9-17(29)26-22(27)33;1-5-17(2,3)15(24)31-9-8-27-30(26)28-10-18(4)13(23)12(22)14(29-18)20-7-6-11(21)19-16(20)25;1-10(4-13)7(16)6(15)8(18-10)12-3-2-5(14)11-9(12)17;8-6-7-4-2-1-3-5-7;2-1(3,4)5;;1-4(2)3;1-3-2/h6-12,19-21,30-31H,5,13-16H2,1-4H3,(H,26,34)(H,27,29,33);4-10,18-20,28,30-31H,11-15H2,1-3H3,(H,25,34)(H,26,29,33);6-7,12-14,22-23H,5,8-10H2,1-4H3;2-3,6-8,13,15-16H,4H2,1H3,(H,11,14,17);1-5H,6,8H2;;1H4;1-3H2;3H,1-2H2/p+1/t19-,20+,21-,25-,38?;18-,19+,20-,24-,38?;12-,13+,14-,18-;6-,7+,8-,10-;;;;;/m1111...../s1. The highest BCUT2D eigenvalue weighted by Gasteiger charge is 2.57. The van der Waals surface area contributed by atoms with E-state index in [0.29, 0.717) is 25.1 Å². The quantitative estimate of drug-likeness (QED) is 0.00971. The first kappa shape index (κ1) is 138. The van der Waals surface area contributed by atoms with Gasteiger partial charge in [0, 0.05) is 101 Å². The molecule has 0 radical (unpaired) electrons. The lowest BCUT2D eigenvalue weighted by molar-refractivity contribution is -0.120. The molecule has 0 amide bonds. The van der Waals surface area contributed by atoms with Gasteiger partial charge in [0.05, 0.1) is 45.1 Å². The minimum absolute atomic E-state index is 0. The summed E-state index contributed by atoms with van der Waals surface area (Å²) in [6, 6.07) is 32.5. The molecule has 4 aliphatic heterocycles. The van der Waals surface area contributed by atoms with Crippen molar-refractivity contribution in [1.82, 2.24) is 48.4 Å². The van der Waals surface area contributed by atoms with Crippen molar-refractivity contribution in [2.75, 3.05) is 70.1 Å². The minimum Gasteiger partial charge on any atom is -0.395 e. The average Bonchev–Trinajstić information content (AvgIpc) is 1.63. The number of aromatic nitrogens is 8. The fraction of sp³-hybridized carbons (Fsp3) is 0.570. The molecule has 45 nitrogen and oxygen atoms in total. The molecule has 18 N–H and O–H groups in total. The average molecular weight is 2420 g/mol. The third-order valence-corrected chi connectivity index (χ3v) is 29.4. The summed E-state index contributed by atoms with van der Waals surface area (Å²) in [6.07, 6.45) is -11.1. The number of H-pyrrole nitrogens is 4. The van der Waals surface area contributed by atoms with Gasteiger partial charge in [-0.3, -0.25) is 89.9 Å². The van der Waals surface area contributed by atoms with E-state index in [1.807, 2.05) is 123 Å². The van der Waals surface area contributed by atoms with Crippen LogP contribution in [-0.4, -0.2) is 249 Å². The first-order valence-corrected chi connectivity index (χ1v) is 63.9. The number of alkyl halides is 4. The lowest BCUT2D eigenvalue weighted by Gasteiger charge is -2.29. The van der Waals surface area contributed by atoms with Gasteiger partial charge in [-0.15, -0.1) is 53.7 Å². The Kier molecular flexibility index (Phi) is 60.7. The zero-order valence-corrected chi connectivity index (χ0v) is 97.9. The number of thioether (sulfide) groups is 3. The molecule has 8 unspecified atom stereocenters. The van der Waals surface area contributed by atoms with Gasteiger partial charge in [0.1, 0.15) is 84.4 Å². The smallest absolute Gasteiger partial charge is 0.395 e. The third-order valence-electron chi connectivity index (χ3n) is 22.0. The van der Waals surface area contributed by atoms with Crippen LogP contribution in [0.5, 0.6) is 0 Å². The highest BCUT2D eigenvalue weighted by molar-refractivity contribution is 8.65. The van der Waals surface area contributed by atoms with Gasteiger partial charge in [-0.25, -0.2) is 38.5 Å². The summed E-state index contributed by atoms with van der Waals surface area (Å²) >= 11 is 22.4. The molecule has 4 aliphatic rings. The van der Waals surface area contributed by atoms with Gasteiger partial charge >= 0.3 is 46.5 Å². The summed E-state index contributed by atoms with van der Waals surface area (Å²) in [4.78, 5) is 138. The van der Waals surface area contributed by atoms with Crippen molar-refractivity contribution in [3.8, 4) is 0 Å². The Balaban J connectivity index is 0.000000484. The number of halogens is 4. The van der Waals surface area contributed by atoms with Crippen LogP contribution in [0.25, 0.3) is 0 Å². The van der Waals surface area contributed by atoms with Gasteiger partial charge < -0.3 is 75.7 Å². The largest absolute Gasteiger partial charge is 0.697 e. The molecule has 834 valence electrons. The van der Waals surface area contributed by atoms with E-state index >= 15 is 0 Å². The molecule has 148 heavy (non-hydrogen) atoms. The molecule has 0 spiro atoms. The number of rotatable bonds is 39. The number of nitrogens with one attached hydrogen (secondary N) is 6. The molecule has 11 rings (SSSR count). The molecule has 3 aromatic carbocycles. The zero-order valence-electron chi connectivity index (χ0n) is 82.1. The van der Waals surface area contributed by atoms with Crippen LogP contribution in [0.1, 0.15) is 145 Å². The molecule has 8 heterocycles. The molecule has 0 saturated carbocycles. The Hall–Kier alpha value is -3.75. The molecular formula is C86H136Cl4N11O34P10S3+. The van der Waals surface area contributed by atoms with Crippen molar-refractivity contribution in [1.29, 1.82) is 0 Å². The fourth-order valence-electron chi connectivity index (χ4n) is 12.5. The van der Waals surface area contributed by atoms with E-state index in [0.717, 1.165) is 122 Å². The SMILES string of the molecule is C.CC(C)(CO)C(=O)SCCOP(=O)(NCc1ccccc1)OC[C@@]1(C)O[C@@H](n2ccc(=O)[nH]c2=O)[C@H](O)[C@@H]1O.CCC(C)(C)C(=O)SCCOP(=O)(NCc1ccccc1)OC[C@@]1(C)O[C@@H](n2ccc(=O)[nH]c2=O)[C@H](O)[C@@H]1O.CCC(C)(C)C(=O)SCCO[P+](=O)OC[C@@]1(C)O[C@@H](n2ccc(=O)[nH]c2=O)[C@H](O)[C@@H]1O.C[C@]1(CO)O[C@@H](n2ccc(=O)[nH]c2=O)[C@H](O)[C@@H]1O.ClC(Cl)(Cl)Cl.NCc1ccccc1.PP(P)P.PPP. The molecule has 0 aliphatic carbocycles. The highest BCUT2D eigenvalue weighted by atomic mass is 35.6. The van der Waals surface area contributed by atoms with Gasteiger partial charge in [0.25, 0.3) is 25.5 Å². The summed E-state index contributed by atoms with van der Waals surface area (Å²) < 4.78 is 96.6. The molecule has 4 saturated heterocycles.